The van der Waals surface area contributed by atoms with Gasteiger partial charge in [0.2, 0.25) is 0 Å². The van der Waals surface area contributed by atoms with Gasteiger partial charge in [-0.15, -0.1) is 0 Å². The maximum atomic E-state index is 13.5. The monoisotopic (exact) mass is 263 g/mol. The summed E-state index contributed by atoms with van der Waals surface area (Å²) in [5, 5.41) is 0.617. The van der Waals surface area contributed by atoms with Crippen LogP contribution in [0.2, 0.25) is 5.02 Å². The first-order valence-corrected chi connectivity index (χ1v) is 6.19. The van der Waals surface area contributed by atoms with Crippen molar-refractivity contribution in [1.29, 1.82) is 0 Å². The van der Waals surface area contributed by atoms with E-state index in [-0.39, 0.29) is 11.9 Å². The summed E-state index contributed by atoms with van der Waals surface area (Å²) < 4.78 is 13.5. The van der Waals surface area contributed by atoms with E-state index in [1.54, 1.807) is 13.0 Å². The first kappa shape index (κ1) is 13.1. The molecule has 3 heteroatoms. The lowest BCUT2D eigenvalue weighted by Crippen LogP contribution is -2.05. The summed E-state index contributed by atoms with van der Waals surface area (Å²) in [6.45, 7) is 3.65. The highest BCUT2D eigenvalue weighted by atomic mass is 35.5. The summed E-state index contributed by atoms with van der Waals surface area (Å²) in [5.74, 6) is -0.208. The quantitative estimate of drug-likeness (QED) is 0.850. The van der Waals surface area contributed by atoms with Crippen LogP contribution in [0.4, 0.5) is 4.39 Å². The molecule has 2 aromatic carbocycles. The van der Waals surface area contributed by atoms with Crippen molar-refractivity contribution in [3.8, 4) is 11.1 Å². The molecule has 0 aromatic heterocycles. The highest BCUT2D eigenvalue weighted by Crippen LogP contribution is 2.30. The Kier molecular flexibility index (Phi) is 3.69. The Hall–Kier alpha value is -1.38. The number of halogens is 2. The normalized spacial score (nSPS) is 12.5. The highest BCUT2D eigenvalue weighted by Gasteiger charge is 2.10. The van der Waals surface area contributed by atoms with Crippen molar-refractivity contribution in [3.63, 3.8) is 0 Å². The fourth-order valence-electron chi connectivity index (χ4n) is 1.98. The molecule has 0 saturated heterocycles. The molecule has 0 fully saturated rings. The van der Waals surface area contributed by atoms with E-state index in [0.29, 0.717) is 10.6 Å². The summed E-state index contributed by atoms with van der Waals surface area (Å²) in [6.07, 6.45) is 0. The third-order valence-corrected chi connectivity index (χ3v) is 3.40. The minimum absolute atomic E-state index is 0.111. The Balaban J connectivity index is 2.52. The van der Waals surface area contributed by atoms with E-state index < -0.39 is 0 Å². The Morgan fingerprint density at radius 2 is 1.94 bits per heavy atom. The van der Waals surface area contributed by atoms with Crippen LogP contribution in [0.1, 0.15) is 24.1 Å². The molecule has 0 saturated carbocycles. The fraction of sp³-hybridized carbons (Fsp3) is 0.200. The van der Waals surface area contributed by atoms with Crippen molar-refractivity contribution in [1.82, 2.24) is 0 Å². The molecule has 18 heavy (non-hydrogen) atoms. The van der Waals surface area contributed by atoms with E-state index in [4.69, 9.17) is 17.3 Å². The van der Waals surface area contributed by atoms with Gasteiger partial charge in [0.1, 0.15) is 5.82 Å². The zero-order chi connectivity index (χ0) is 13.3. The van der Waals surface area contributed by atoms with Gasteiger partial charge in [0.25, 0.3) is 0 Å². The molecule has 0 aliphatic heterocycles. The van der Waals surface area contributed by atoms with Crippen molar-refractivity contribution in [3.05, 3.63) is 58.4 Å². The van der Waals surface area contributed by atoms with E-state index in [0.717, 1.165) is 16.7 Å². The van der Waals surface area contributed by atoms with Crippen molar-refractivity contribution in [2.45, 2.75) is 19.9 Å². The molecule has 0 aliphatic rings. The van der Waals surface area contributed by atoms with E-state index in [1.165, 1.54) is 6.07 Å². The first-order chi connectivity index (χ1) is 8.50. The fourth-order valence-corrected chi connectivity index (χ4v) is 2.34. The molecule has 2 N–H and O–H groups in total. The minimum Gasteiger partial charge on any atom is -0.324 e. The average Bonchev–Trinajstić information content (AvgIpc) is 2.32. The molecule has 0 amide bonds. The van der Waals surface area contributed by atoms with Gasteiger partial charge in [-0.05, 0) is 48.2 Å². The summed E-state index contributed by atoms with van der Waals surface area (Å²) in [5.41, 5.74) is 9.10. The maximum absolute atomic E-state index is 13.5. The van der Waals surface area contributed by atoms with Gasteiger partial charge in [0, 0.05) is 11.1 Å². The predicted molar refractivity (Wildman–Crippen MR) is 74.2 cm³/mol. The van der Waals surface area contributed by atoms with E-state index in [9.17, 15) is 4.39 Å². The van der Waals surface area contributed by atoms with Crippen LogP contribution >= 0.6 is 11.6 Å². The molecule has 2 aromatic rings. The Bertz CT molecular complexity index is 579. The molecule has 1 nitrogen and oxygen atoms in total. The molecular formula is C15H15ClFN. The van der Waals surface area contributed by atoms with Gasteiger partial charge in [-0.3, -0.25) is 0 Å². The lowest BCUT2D eigenvalue weighted by Gasteiger charge is -2.12. The van der Waals surface area contributed by atoms with Crippen LogP contribution in [0.3, 0.4) is 0 Å². The van der Waals surface area contributed by atoms with Gasteiger partial charge in [0.15, 0.2) is 0 Å². The molecule has 2 rings (SSSR count). The molecule has 0 bridgehead atoms. The molecular weight excluding hydrogens is 249 g/mol. The van der Waals surface area contributed by atoms with Gasteiger partial charge in [-0.1, -0.05) is 35.9 Å². The predicted octanol–water partition coefficient (Wildman–Crippen LogP) is 4.47. The van der Waals surface area contributed by atoms with Crippen LogP contribution < -0.4 is 5.73 Å². The number of hydrogen-bond acceptors (Lipinski definition) is 1. The summed E-state index contributed by atoms with van der Waals surface area (Å²) >= 11 is 6.19. The Labute approximate surface area is 111 Å². The minimum atomic E-state index is -0.208. The second-order valence-corrected chi connectivity index (χ2v) is 4.84. The SMILES string of the molecule is Cc1c(F)cccc1-c1ccc(C(C)N)c(Cl)c1. The molecule has 0 spiro atoms. The van der Waals surface area contributed by atoms with Gasteiger partial charge >= 0.3 is 0 Å². The summed E-state index contributed by atoms with van der Waals surface area (Å²) in [6, 6.07) is 10.6. The second-order valence-electron chi connectivity index (χ2n) is 4.44. The van der Waals surface area contributed by atoms with Crippen LogP contribution in [0.25, 0.3) is 11.1 Å². The Morgan fingerprint density at radius 1 is 1.22 bits per heavy atom. The van der Waals surface area contributed by atoms with E-state index in [2.05, 4.69) is 0 Å². The smallest absolute Gasteiger partial charge is 0.126 e. The molecule has 1 atom stereocenters. The summed E-state index contributed by atoms with van der Waals surface area (Å²) in [7, 11) is 0. The van der Waals surface area contributed by atoms with Crippen molar-refractivity contribution in [2.75, 3.05) is 0 Å². The lowest BCUT2D eigenvalue weighted by atomic mass is 9.98. The van der Waals surface area contributed by atoms with Gasteiger partial charge in [-0.2, -0.15) is 0 Å². The van der Waals surface area contributed by atoms with Gasteiger partial charge in [-0.25, -0.2) is 4.39 Å². The Morgan fingerprint density at radius 3 is 2.56 bits per heavy atom. The van der Waals surface area contributed by atoms with Crippen molar-refractivity contribution < 1.29 is 4.39 Å². The van der Waals surface area contributed by atoms with Gasteiger partial charge < -0.3 is 5.73 Å². The van der Waals surface area contributed by atoms with Crippen molar-refractivity contribution >= 4 is 11.6 Å². The van der Waals surface area contributed by atoms with Crippen LogP contribution in [0.5, 0.6) is 0 Å². The standard InChI is InChI=1S/C15H15ClFN/c1-9-12(4-3-5-15(9)17)11-6-7-13(10(2)18)14(16)8-11/h3-8,10H,18H2,1-2H3. The number of rotatable bonds is 2. The zero-order valence-electron chi connectivity index (χ0n) is 10.4. The van der Waals surface area contributed by atoms with Gasteiger partial charge in [0.05, 0.1) is 0 Å². The first-order valence-electron chi connectivity index (χ1n) is 5.81. The van der Waals surface area contributed by atoms with E-state index in [1.807, 2.05) is 31.2 Å². The van der Waals surface area contributed by atoms with Crippen LogP contribution in [-0.2, 0) is 0 Å². The molecule has 0 radical (unpaired) electrons. The topological polar surface area (TPSA) is 26.0 Å². The third kappa shape index (κ3) is 2.40. The summed E-state index contributed by atoms with van der Waals surface area (Å²) in [4.78, 5) is 0. The number of nitrogens with two attached hydrogens (primary N) is 1. The van der Waals surface area contributed by atoms with Crippen LogP contribution in [0.15, 0.2) is 36.4 Å². The molecule has 0 aliphatic carbocycles. The van der Waals surface area contributed by atoms with E-state index >= 15 is 0 Å². The molecule has 1 unspecified atom stereocenters. The highest BCUT2D eigenvalue weighted by molar-refractivity contribution is 6.31. The largest absolute Gasteiger partial charge is 0.324 e. The zero-order valence-corrected chi connectivity index (χ0v) is 11.1. The van der Waals surface area contributed by atoms with Crippen molar-refractivity contribution in [2.24, 2.45) is 5.73 Å². The second kappa shape index (κ2) is 5.09. The third-order valence-electron chi connectivity index (χ3n) is 3.07. The van der Waals surface area contributed by atoms with Crippen LogP contribution in [0, 0.1) is 12.7 Å². The lowest BCUT2D eigenvalue weighted by molar-refractivity contribution is 0.619. The maximum Gasteiger partial charge on any atom is 0.126 e. The average molecular weight is 264 g/mol. The molecule has 0 heterocycles. The number of hydrogen-bond donors (Lipinski definition) is 1. The van der Waals surface area contributed by atoms with Crippen LogP contribution in [-0.4, -0.2) is 0 Å². The number of benzene rings is 2. The molecule has 94 valence electrons.